The molecule has 0 radical (unpaired) electrons. The minimum Gasteiger partial charge on any atom is -0.495 e. The maximum absolute atomic E-state index is 12.3. The van der Waals surface area contributed by atoms with E-state index in [9.17, 15) is 4.79 Å². The van der Waals surface area contributed by atoms with Gasteiger partial charge in [0.2, 0.25) is 0 Å². The molecule has 5 heteroatoms. The normalized spacial score (nSPS) is 10.2. The summed E-state index contributed by atoms with van der Waals surface area (Å²) >= 11 is 0. The largest absolute Gasteiger partial charge is 0.495 e. The highest BCUT2D eigenvalue weighted by molar-refractivity contribution is 6.04. The van der Waals surface area contributed by atoms with E-state index < -0.39 is 0 Å². The molecule has 23 heavy (non-hydrogen) atoms. The third-order valence-electron chi connectivity index (χ3n) is 3.47. The van der Waals surface area contributed by atoms with Gasteiger partial charge in [0.05, 0.1) is 18.4 Å². The van der Waals surface area contributed by atoms with E-state index >= 15 is 0 Å². The minimum atomic E-state index is -0.209. The second kappa shape index (κ2) is 8.78. The number of hydrogen-bond acceptors (Lipinski definition) is 4. The monoisotopic (exact) mass is 313 g/mol. The summed E-state index contributed by atoms with van der Waals surface area (Å²) in [5.74, 6) is 1.21. The molecule has 1 amide bonds. The van der Waals surface area contributed by atoms with Crippen LogP contribution in [0.4, 0.5) is 11.5 Å². The highest BCUT2D eigenvalue weighted by atomic mass is 16.5. The number of nitrogens with zero attached hydrogens (tertiary/aromatic N) is 1. The number of pyridine rings is 1. The molecule has 1 aromatic heterocycles. The van der Waals surface area contributed by atoms with Gasteiger partial charge in [0, 0.05) is 12.7 Å². The Bertz CT molecular complexity index is 626. The molecule has 0 spiro atoms. The molecule has 0 atom stereocenters. The number of methoxy groups -OCH3 is 1. The topological polar surface area (TPSA) is 63.2 Å². The van der Waals surface area contributed by atoms with Crippen molar-refractivity contribution >= 4 is 17.4 Å². The van der Waals surface area contributed by atoms with Crippen molar-refractivity contribution in [3.63, 3.8) is 0 Å². The Balaban J connectivity index is 1.94. The van der Waals surface area contributed by atoms with Crippen LogP contribution < -0.4 is 15.4 Å². The third-order valence-corrected chi connectivity index (χ3v) is 3.47. The number of unbranched alkanes of at least 4 members (excludes halogenated alkanes) is 2. The van der Waals surface area contributed by atoms with Gasteiger partial charge in [0.1, 0.15) is 11.6 Å². The molecule has 2 aromatic rings. The van der Waals surface area contributed by atoms with Gasteiger partial charge in [-0.1, -0.05) is 31.9 Å². The first-order chi connectivity index (χ1) is 11.2. The fraction of sp³-hybridized carbons (Fsp3) is 0.333. The number of benzene rings is 1. The highest BCUT2D eigenvalue weighted by Gasteiger charge is 2.09. The molecular formula is C18H23N3O2. The van der Waals surface area contributed by atoms with Crippen molar-refractivity contribution in [2.75, 3.05) is 24.3 Å². The van der Waals surface area contributed by atoms with E-state index in [-0.39, 0.29) is 5.91 Å². The van der Waals surface area contributed by atoms with Gasteiger partial charge in [-0.05, 0) is 30.7 Å². The maximum Gasteiger partial charge on any atom is 0.257 e. The molecule has 0 saturated carbocycles. The van der Waals surface area contributed by atoms with Gasteiger partial charge in [-0.25, -0.2) is 4.98 Å². The van der Waals surface area contributed by atoms with Gasteiger partial charge < -0.3 is 15.4 Å². The van der Waals surface area contributed by atoms with E-state index in [0.717, 1.165) is 18.8 Å². The van der Waals surface area contributed by atoms with Crippen molar-refractivity contribution in [1.82, 2.24) is 4.98 Å². The van der Waals surface area contributed by atoms with Crippen molar-refractivity contribution < 1.29 is 9.53 Å². The Kier molecular flexibility index (Phi) is 6.41. The number of carbonyl (C=O) groups excluding carboxylic acids is 1. The lowest BCUT2D eigenvalue weighted by Crippen LogP contribution is -2.13. The Labute approximate surface area is 137 Å². The van der Waals surface area contributed by atoms with Crippen LogP contribution in [0, 0.1) is 0 Å². The van der Waals surface area contributed by atoms with E-state index in [1.54, 1.807) is 31.5 Å². The zero-order valence-electron chi connectivity index (χ0n) is 13.6. The maximum atomic E-state index is 12.3. The minimum absolute atomic E-state index is 0.209. The Morgan fingerprint density at radius 1 is 1.17 bits per heavy atom. The Hall–Kier alpha value is -2.56. The Morgan fingerprint density at radius 2 is 2.00 bits per heavy atom. The van der Waals surface area contributed by atoms with Gasteiger partial charge in [-0.3, -0.25) is 4.79 Å². The van der Waals surface area contributed by atoms with Gasteiger partial charge >= 0.3 is 0 Å². The molecule has 0 fully saturated rings. The smallest absolute Gasteiger partial charge is 0.257 e. The molecule has 1 aromatic carbocycles. The average Bonchev–Trinajstić information content (AvgIpc) is 2.59. The zero-order valence-corrected chi connectivity index (χ0v) is 13.6. The number of nitrogens with one attached hydrogen (secondary N) is 2. The predicted molar refractivity (Wildman–Crippen MR) is 93.2 cm³/mol. The first-order valence-electron chi connectivity index (χ1n) is 7.89. The zero-order chi connectivity index (χ0) is 16.5. The third kappa shape index (κ3) is 4.98. The number of ether oxygens (including phenoxy) is 1. The summed E-state index contributed by atoms with van der Waals surface area (Å²) in [7, 11) is 1.57. The first-order valence-corrected chi connectivity index (χ1v) is 7.89. The SMILES string of the molecule is CCCCCNc1ccc(C(=O)Nc2ccccc2OC)cn1. The number of hydrogen-bond donors (Lipinski definition) is 2. The summed E-state index contributed by atoms with van der Waals surface area (Å²) in [5.41, 5.74) is 1.15. The summed E-state index contributed by atoms with van der Waals surface area (Å²) in [5, 5.41) is 6.08. The van der Waals surface area contributed by atoms with Crippen LogP contribution in [0.2, 0.25) is 0 Å². The van der Waals surface area contributed by atoms with Crippen molar-refractivity contribution in [2.45, 2.75) is 26.2 Å². The van der Waals surface area contributed by atoms with Crippen LogP contribution in [0.1, 0.15) is 36.5 Å². The van der Waals surface area contributed by atoms with Crippen molar-refractivity contribution in [3.8, 4) is 5.75 Å². The van der Waals surface area contributed by atoms with E-state index in [2.05, 4.69) is 22.5 Å². The summed E-state index contributed by atoms with van der Waals surface area (Å²) < 4.78 is 5.22. The standard InChI is InChI=1S/C18H23N3O2/c1-3-4-7-12-19-17-11-10-14(13-20-17)18(22)21-15-8-5-6-9-16(15)23-2/h5-6,8-11,13H,3-4,7,12H2,1-2H3,(H,19,20)(H,21,22). The van der Waals surface area contributed by atoms with Gasteiger partial charge in [0.25, 0.3) is 5.91 Å². The van der Waals surface area contributed by atoms with Gasteiger partial charge in [-0.2, -0.15) is 0 Å². The van der Waals surface area contributed by atoms with E-state index in [1.807, 2.05) is 18.2 Å². The molecule has 5 nitrogen and oxygen atoms in total. The van der Waals surface area contributed by atoms with Crippen LogP contribution in [0.5, 0.6) is 5.75 Å². The lowest BCUT2D eigenvalue weighted by molar-refractivity contribution is 0.102. The number of aromatic nitrogens is 1. The molecule has 0 aliphatic carbocycles. The molecule has 0 bridgehead atoms. The molecular weight excluding hydrogens is 290 g/mol. The van der Waals surface area contributed by atoms with Crippen LogP contribution >= 0.6 is 0 Å². The fourth-order valence-corrected chi connectivity index (χ4v) is 2.17. The molecule has 0 unspecified atom stereocenters. The molecule has 2 rings (SSSR count). The number of para-hydroxylation sites is 2. The van der Waals surface area contributed by atoms with Crippen LogP contribution in [0.15, 0.2) is 42.6 Å². The number of rotatable bonds is 8. The van der Waals surface area contributed by atoms with Crippen molar-refractivity contribution in [1.29, 1.82) is 0 Å². The molecule has 0 aliphatic heterocycles. The summed E-state index contributed by atoms with van der Waals surface area (Å²) in [6, 6.07) is 10.9. The van der Waals surface area contributed by atoms with Crippen molar-refractivity contribution in [2.24, 2.45) is 0 Å². The van der Waals surface area contributed by atoms with Gasteiger partial charge in [-0.15, -0.1) is 0 Å². The number of amides is 1. The molecule has 122 valence electrons. The predicted octanol–water partition coefficient (Wildman–Crippen LogP) is 3.94. The number of anilines is 2. The van der Waals surface area contributed by atoms with Crippen molar-refractivity contribution in [3.05, 3.63) is 48.2 Å². The highest BCUT2D eigenvalue weighted by Crippen LogP contribution is 2.23. The summed E-state index contributed by atoms with van der Waals surface area (Å²) in [6.45, 7) is 3.07. The summed E-state index contributed by atoms with van der Waals surface area (Å²) in [6.07, 6.45) is 5.09. The van der Waals surface area contributed by atoms with E-state index in [0.29, 0.717) is 17.0 Å². The average molecular weight is 313 g/mol. The number of carbonyl (C=O) groups is 1. The molecule has 2 N–H and O–H groups in total. The molecule has 1 heterocycles. The lowest BCUT2D eigenvalue weighted by Gasteiger charge is -2.10. The van der Waals surface area contributed by atoms with Gasteiger partial charge in [0.15, 0.2) is 0 Å². The second-order valence-electron chi connectivity index (χ2n) is 5.22. The first kappa shape index (κ1) is 16.8. The second-order valence-corrected chi connectivity index (χ2v) is 5.22. The fourth-order valence-electron chi connectivity index (χ4n) is 2.17. The summed E-state index contributed by atoms with van der Waals surface area (Å²) in [4.78, 5) is 16.5. The van der Waals surface area contributed by atoms with Crippen LogP contribution in [0.3, 0.4) is 0 Å². The Morgan fingerprint density at radius 3 is 2.70 bits per heavy atom. The van der Waals surface area contributed by atoms with Crippen LogP contribution in [-0.2, 0) is 0 Å². The van der Waals surface area contributed by atoms with E-state index in [1.165, 1.54) is 12.8 Å². The molecule has 0 saturated heterocycles. The van der Waals surface area contributed by atoms with Crippen LogP contribution in [0.25, 0.3) is 0 Å². The van der Waals surface area contributed by atoms with Crippen LogP contribution in [-0.4, -0.2) is 24.5 Å². The lowest BCUT2D eigenvalue weighted by atomic mass is 10.2. The van der Waals surface area contributed by atoms with E-state index in [4.69, 9.17) is 4.74 Å². The molecule has 0 aliphatic rings. The quantitative estimate of drug-likeness (QED) is 0.724.